The molecule has 0 atom stereocenters. The van der Waals surface area contributed by atoms with E-state index in [1.165, 1.54) is 11.8 Å². The molecule has 0 aromatic heterocycles. The maximum Gasteiger partial charge on any atom is 0.208 e. The minimum atomic E-state index is 0.0395. The lowest BCUT2D eigenvalue weighted by molar-refractivity contribution is 0.248. The van der Waals surface area contributed by atoms with Gasteiger partial charge < -0.3 is 10.0 Å². The molecule has 5 heteroatoms. The van der Waals surface area contributed by atoms with Crippen LogP contribution in [0.4, 0.5) is 0 Å². The Hall–Kier alpha value is -1.51. The summed E-state index contributed by atoms with van der Waals surface area (Å²) >= 11 is 1.40. The number of aliphatic imine (C=N–C) groups is 1. The molecular formula is C12H15N3OS. The van der Waals surface area contributed by atoms with E-state index in [1.54, 1.807) is 6.19 Å². The number of rotatable bonds is 4. The zero-order chi connectivity index (χ0) is 12.5. The van der Waals surface area contributed by atoms with Crippen LogP contribution in [-0.4, -0.2) is 34.6 Å². The van der Waals surface area contributed by atoms with E-state index in [1.807, 2.05) is 41.5 Å². The molecule has 0 spiro atoms. The Morgan fingerprint density at radius 3 is 2.71 bits per heavy atom. The Morgan fingerprint density at radius 2 is 2.18 bits per heavy atom. The average molecular weight is 249 g/mol. The van der Waals surface area contributed by atoms with Crippen molar-refractivity contribution in [2.45, 2.75) is 6.54 Å². The standard InChI is InChI=1S/C12H15N3OS/c1-17-12(14-10-13)15(7-8-16)9-11-5-3-2-4-6-11/h2-6,16H,7-9H2,1H3. The van der Waals surface area contributed by atoms with Crippen molar-refractivity contribution >= 4 is 16.9 Å². The third-order valence-corrected chi connectivity index (χ3v) is 2.90. The number of thioether (sulfide) groups is 1. The molecule has 0 heterocycles. The molecule has 1 aromatic rings. The Morgan fingerprint density at radius 1 is 1.47 bits per heavy atom. The molecule has 4 nitrogen and oxygen atoms in total. The minimum Gasteiger partial charge on any atom is -0.395 e. The highest BCUT2D eigenvalue weighted by Crippen LogP contribution is 2.10. The molecular weight excluding hydrogens is 234 g/mol. The number of amidine groups is 1. The number of nitrogens with zero attached hydrogens (tertiary/aromatic N) is 3. The van der Waals surface area contributed by atoms with Gasteiger partial charge in [0.1, 0.15) is 0 Å². The lowest BCUT2D eigenvalue weighted by Crippen LogP contribution is -2.31. The fourth-order valence-electron chi connectivity index (χ4n) is 1.46. The second kappa shape index (κ2) is 7.71. The SMILES string of the molecule is CSC(=NC#N)N(CCO)Cc1ccccc1. The molecule has 1 N–H and O–H groups in total. The molecule has 0 aliphatic carbocycles. The summed E-state index contributed by atoms with van der Waals surface area (Å²) in [6.45, 7) is 1.15. The maximum atomic E-state index is 9.04. The summed E-state index contributed by atoms with van der Waals surface area (Å²) in [6, 6.07) is 9.90. The first-order valence-corrected chi connectivity index (χ1v) is 6.44. The molecule has 0 saturated carbocycles. The average Bonchev–Trinajstić information content (AvgIpc) is 2.37. The zero-order valence-electron chi connectivity index (χ0n) is 9.71. The molecule has 90 valence electrons. The molecule has 0 unspecified atom stereocenters. The lowest BCUT2D eigenvalue weighted by Gasteiger charge is -2.23. The normalized spacial score (nSPS) is 11.0. The highest BCUT2D eigenvalue weighted by atomic mass is 32.2. The van der Waals surface area contributed by atoms with Crippen molar-refractivity contribution in [3.05, 3.63) is 35.9 Å². The van der Waals surface area contributed by atoms with Gasteiger partial charge in [0.25, 0.3) is 0 Å². The molecule has 0 aliphatic rings. The van der Waals surface area contributed by atoms with Crippen LogP contribution >= 0.6 is 11.8 Å². The number of hydrogen-bond donors (Lipinski definition) is 1. The molecule has 17 heavy (non-hydrogen) atoms. The molecule has 0 saturated heterocycles. The van der Waals surface area contributed by atoms with E-state index >= 15 is 0 Å². The van der Waals surface area contributed by atoms with Gasteiger partial charge in [0, 0.05) is 13.1 Å². The van der Waals surface area contributed by atoms with Crippen LogP contribution in [0.15, 0.2) is 35.3 Å². The van der Waals surface area contributed by atoms with Crippen LogP contribution in [0.2, 0.25) is 0 Å². The van der Waals surface area contributed by atoms with Gasteiger partial charge in [0.05, 0.1) is 6.61 Å². The summed E-state index contributed by atoms with van der Waals surface area (Å²) < 4.78 is 0. The molecule has 1 aromatic carbocycles. The second-order valence-electron chi connectivity index (χ2n) is 3.33. The van der Waals surface area contributed by atoms with Crippen molar-refractivity contribution in [1.82, 2.24) is 4.90 Å². The highest BCUT2D eigenvalue weighted by Gasteiger charge is 2.10. The van der Waals surface area contributed by atoms with E-state index in [-0.39, 0.29) is 6.61 Å². The van der Waals surface area contributed by atoms with Crippen molar-refractivity contribution in [3.63, 3.8) is 0 Å². The number of aliphatic hydroxyl groups is 1. The number of aliphatic hydroxyl groups excluding tert-OH is 1. The third-order valence-electron chi connectivity index (χ3n) is 2.18. The van der Waals surface area contributed by atoms with Crippen molar-refractivity contribution in [2.75, 3.05) is 19.4 Å². The van der Waals surface area contributed by atoms with Crippen molar-refractivity contribution in [1.29, 1.82) is 5.26 Å². The van der Waals surface area contributed by atoms with Gasteiger partial charge in [-0.05, 0) is 11.8 Å². The fraction of sp³-hybridized carbons (Fsp3) is 0.333. The largest absolute Gasteiger partial charge is 0.395 e. The molecule has 0 amide bonds. The summed E-state index contributed by atoms with van der Waals surface area (Å²) in [7, 11) is 0. The Labute approximate surface area is 106 Å². The summed E-state index contributed by atoms with van der Waals surface area (Å²) in [4.78, 5) is 5.65. The van der Waals surface area contributed by atoms with Crippen molar-refractivity contribution < 1.29 is 5.11 Å². The fourth-order valence-corrected chi connectivity index (χ4v) is 2.00. The van der Waals surface area contributed by atoms with Crippen LogP contribution in [0.25, 0.3) is 0 Å². The topological polar surface area (TPSA) is 59.6 Å². The van der Waals surface area contributed by atoms with Crippen LogP contribution in [-0.2, 0) is 6.54 Å². The van der Waals surface area contributed by atoms with E-state index in [0.717, 1.165) is 5.56 Å². The quantitative estimate of drug-likeness (QED) is 0.501. The van der Waals surface area contributed by atoms with Gasteiger partial charge in [-0.15, -0.1) is 4.99 Å². The first-order chi connectivity index (χ1) is 8.31. The van der Waals surface area contributed by atoms with Crippen molar-refractivity contribution in [2.24, 2.45) is 4.99 Å². The second-order valence-corrected chi connectivity index (χ2v) is 4.10. The van der Waals surface area contributed by atoms with Crippen LogP contribution in [0, 0.1) is 11.5 Å². The van der Waals surface area contributed by atoms with Gasteiger partial charge in [0.2, 0.25) is 6.19 Å². The maximum absolute atomic E-state index is 9.04. The highest BCUT2D eigenvalue weighted by molar-refractivity contribution is 8.13. The molecule has 0 radical (unpaired) electrons. The number of nitriles is 1. The van der Waals surface area contributed by atoms with Gasteiger partial charge in [-0.1, -0.05) is 42.1 Å². The van der Waals surface area contributed by atoms with E-state index in [0.29, 0.717) is 18.3 Å². The van der Waals surface area contributed by atoms with Crippen LogP contribution in [0.3, 0.4) is 0 Å². The van der Waals surface area contributed by atoms with Gasteiger partial charge in [-0.25, -0.2) is 0 Å². The van der Waals surface area contributed by atoms with Crippen molar-refractivity contribution in [3.8, 4) is 6.19 Å². The van der Waals surface area contributed by atoms with Crippen LogP contribution in [0.5, 0.6) is 0 Å². The summed E-state index contributed by atoms with van der Waals surface area (Å²) in [6.07, 6.45) is 3.65. The summed E-state index contributed by atoms with van der Waals surface area (Å²) in [5.41, 5.74) is 1.13. The van der Waals surface area contributed by atoms with E-state index < -0.39 is 0 Å². The Bertz CT molecular complexity index is 400. The predicted octanol–water partition coefficient (Wildman–Crippen LogP) is 1.68. The van der Waals surface area contributed by atoms with Crippen LogP contribution < -0.4 is 0 Å². The summed E-state index contributed by atoms with van der Waals surface area (Å²) in [5.74, 6) is 0. The first kappa shape index (κ1) is 13.6. The molecule has 0 fully saturated rings. The minimum absolute atomic E-state index is 0.0395. The van der Waals surface area contributed by atoms with E-state index in [9.17, 15) is 0 Å². The number of hydrogen-bond acceptors (Lipinski definition) is 4. The Kier molecular flexibility index (Phi) is 6.15. The summed E-state index contributed by atoms with van der Waals surface area (Å²) in [5, 5.41) is 18.3. The first-order valence-electron chi connectivity index (χ1n) is 5.22. The zero-order valence-corrected chi connectivity index (χ0v) is 10.5. The number of benzene rings is 1. The molecule has 0 aliphatic heterocycles. The van der Waals surface area contributed by atoms with E-state index in [2.05, 4.69) is 4.99 Å². The monoisotopic (exact) mass is 249 g/mol. The van der Waals surface area contributed by atoms with E-state index in [4.69, 9.17) is 10.4 Å². The predicted molar refractivity (Wildman–Crippen MR) is 70.5 cm³/mol. The smallest absolute Gasteiger partial charge is 0.208 e. The lowest BCUT2D eigenvalue weighted by atomic mass is 10.2. The third kappa shape index (κ3) is 4.47. The molecule has 0 bridgehead atoms. The van der Waals surface area contributed by atoms with Crippen LogP contribution in [0.1, 0.15) is 5.56 Å². The Balaban J connectivity index is 2.79. The molecule has 1 rings (SSSR count). The van der Waals surface area contributed by atoms with Gasteiger partial charge in [-0.2, -0.15) is 5.26 Å². The van der Waals surface area contributed by atoms with Gasteiger partial charge in [-0.3, -0.25) is 0 Å². The van der Waals surface area contributed by atoms with Gasteiger partial charge >= 0.3 is 0 Å². The van der Waals surface area contributed by atoms with Gasteiger partial charge in [0.15, 0.2) is 5.17 Å².